The van der Waals surface area contributed by atoms with Crippen LogP contribution in [0.25, 0.3) is 0 Å². The first-order valence-corrected chi connectivity index (χ1v) is 20.1. The van der Waals surface area contributed by atoms with Crippen LogP contribution in [0.15, 0.2) is 113 Å². The predicted molar refractivity (Wildman–Crippen MR) is 224 cm³/mol. The standard InChI is InChI=1S/C48H56ClN2O4/c1-46(2,3)55-45(53)35-25-28-39-38(32-35)48(6,7)41(50(39)8)29-26-33-18-17-19-34(44(33)49)27-30-42-47(4,5)37-22-14-15-23-40(37)51(42)31-16-10-13-24-43(52)54-36-20-11-9-12-21-36/h9,11-12,14-15,20-23,25-29,32,34H,10,13,16-19,24,31H2,1-8H3/q+1/b29-26+. The summed E-state index contributed by atoms with van der Waals surface area (Å²) in [4.78, 5) is 27.7. The molecule has 2 heterocycles. The minimum Gasteiger partial charge on any atom is -0.456 e. The lowest BCUT2D eigenvalue weighted by Gasteiger charge is -2.26. The van der Waals surface area contributed by atoms with E-state index in [4.69, 9.17) is 21.1 Å². The fourth-order valence-electron chi connectivity index (χ4n) is 8.18. The Morgan fingerprint density at radius 1 is 0.927 bits per heavy atom. The summed E-state index contributed by atoms with van der Waals surface area (Å²) in [5.74, 6) is 0.169. The zero-order chi connectivity index (χ0) is 39.5. The monoisotopic (exact) mass is 759 g/mol. The van der Waals surface area contributed by atoms with E-state index in [9.17, 15) is 9.59 Å². The number of unbranched alkanes of at least 4 members (excludes halogenated alkanes) is 2. The molecule has 2 aliphatic heterocycles. The third-order valence-electron chi connectivity index (χ3n) is 11.1. The number of nitrogens with zero attached hydrogens (tertiary/aromatic N) is 2. The van der Waals surface area contributed by atoms with Gasteiger partial charge in [-0.05, 0) is 128 Å². The van der Waals surface area contributed by atoms with E-state index in [1.54, 1.807) is 12.1 Å². The maximum atomic E-state index is 12.9. The van der Waals surface area contributed by atoms with Gasteiger partial charge in [-0.3, -0.25) is 4.79 Å². The SMILES string of the molecule is C[N+]1=C(/C=C/C2=C(Cl)C(C=C=C3N(CCCCCC(=O)Oc4ccccc4)c4ccccc4C3(C)C)CCC2)C(C)(C)c2cc(C(=O)OC(C)(C)C)ccc21. The topological polar surface area (TPSA) is 58.8 Å². The summed E-state index contributed by atoms with van der Waals surface area (Å²) in [7, 11) is 2.09. The van der Waals surface area contributed by atoms with E-state index in [-0.39, 0.29) is 28.7 Å². The van der Waals surface area contributed by atoms with Gasteiger partial charge in [-0.15, -0.1) is 5.73 Å². The van der Waals surface area contributed by atoms with Gasteiger partial charge in [0.25, 0.3) is 0 Å². The van der Waals surface area contributed by atoms with Crippen LogP contribution in [0.1, 0.15) is 115 Å². The maximum Gasteiger partial charge on any atom is 0.338 e. The van der Waals surface area contributed by atoms with E-state index in [0.29, 0.717) is 17.7 Å². The van der Waals surface area contributed by atoms with Gasteiger partial charge < -0.3 is 14.4 Å². The Morgan fingerprint density at radius 2 is 1.65 bits per heavy atom. The predicted octanol–water partition coefficient (Wildman–Crippen LogP) is 11.5. The number of hydrogen-bond donors (Lipinski definition) is 0. The third-order valence-corrected chi connectivity index (χ3v) is 11.6. The number of carbonyl (C=O) groups is 2. The van der Waals surface area contributed by atoms with E-state index in [1.807, 2.05) is 57.2 Å². The Morgan fingerprint density at radius 3 is 2.40 bits per heavy atom. The first-order valence-electron chi connectivity index (χ1n) is 19.7. The Labute approximate surface area is 332 Å². The van der Waals surface area contributed by atoms with Crippen LogP contribution in [0, 0.1) is 5.92 Å². The average molecular weight is 760 g/mol. The number of hydrogen-bond acceptors (Lipinski definition) is 5. The van der Waals surface area contributed by atoms with Gasteiger partial charge in [-0.1, -0.05) is 60.5 Å². The van der Waals surface area contributed by atoms with Gasteiger partial charge in [0.05, 0.1) is 16.7 Å². The lowest BCUT2D eigenvalue weighted by molar-refractivity contribution is -0.401. The highest BCUT2D eigenvalue weighted by Gasteiger charge is 2.44. The molecule has 0 amide bonds. The van der Waals surface area contributed by atoms with Crippen LogP contribution in [-0.4, -0.2) is 41.4 Å². The zero-order valence-corrected chi connectivity index (χ0v) is 34.6. The Balaban J connectivity index is 1.17. The van der Waals surface area contributed by atoms with Crippen molar-refractivity contribution in [2.24, 2.45) is 5.92 Å². The first kappa shape index (κ1) is 40.0. The molecule has 1 aliphatic carbocycles. The molecule has 288 valence electrons. The number of rotatable bonds is 11. The Bertz CT molecular complexity index is 2110. The molecule has 0 saturated carbocycles. The molecule has 6 rings (SSSR count). The van der Waals surface area contributed by atoms with Gasteiger partial charge in [0.15, 0.2) is 5.71 Å². The summed E-state index contributed by atoms with van der Waals surface area (Å²) in [5, 5.41) is 0.877. The van der Waals surface area contributed by atoms with Crippen LogP contribution in [0.3, 0.4) is 0 Å². The highest BCUT2D eigenvalue weighted by atomic mass is 35.5. The van der Waals surface area contributed by atoms with Crippen LogP contribution in [0.4, 0.5) is 11.4 Å². The fraction of sp³-hybridized carbons (Fsp3) is 0.417. The number of ether oxygens (including phenoxy) is 2. The largest absolute Gasteiger partial charge is 0.456 e. The van der Waals surface area contributed by atoms with Gasteiger partial charge in [0, 0.05) is 52.7 Å². The Hall–Kier alpha value is -4.64. The second-order valence-corrected chi connectivity index (χ2v) is 17.5. The summed E-state index contributed by atoms with van der Waals surface area (Å²) < 4.78 is 13.4. The molecule has 0 spiro atoms. The summed E-state index contributed by atoms with van der Waals surface area (Å²) in [6.07, 6.45) is 12.6. The molecule has 3 aromatic carbocycles. The van der Waals surface area contributed by atoms with Gasteiger partial charge in [-0.2, -0.15) is 4.58 Å². The van der Waals surface area contributed by atoms with E-state index in [2.05, 4.69) is 92.4 Å². The van der Waals surface area contributed by atoms with Crippen LogP contribution in [-0.2, 0) is 20.4 Å². The van der Waals surface area contributed by atoms with Crippen molar-refractivity contribution in [3.63, 3.8) is 0 Å². The second kappa shape index (κ2) is 16.2. The van der Waals surface area contributed by atoms with Gasteiger partial charge in [-0.25, -0.2) is 4.79 Å². The molecule has 0 bridgehead atoms. The molecule has 1 atom stereocenters. The van der Waals surface area contributed by atoms with E-state index in [0.717, 1.165) is 78.3 Å². The lowest BCUT2D eigenvalue weighted by atomic mass is 9.80. The summed E-state index contributed by atoms with van der Waals surface area (Å²) in [5.41, 5.74) is 11.4. The summed E-state index contributed by atoms with van der Waals surface area (Å²) >= 11 is 7.24. The van der Waals surface area contributed by atoms with Crippen molar-refractivity contribution in [2.45, 2.75) is 110 Å². The second-order valence-electron chi connectivity index (χ2n) is 17.1. The average Bonchev–Trinajstić information content (AvgIpc) is 3.47. The Kier molecular flexibility index (Phi) is 11.8. The molecule has 55 heavy (non-hydrogen) atoms. The number of halogens is 1. The van der Waals surface area contributed by atoms with Crippen LogP contribution >= 0.6 is 11.6 Å². The molecule has 0 N–H and O–H groups in total. The molecular weight excluding hydrogens is 704 g/mol. The molecule has 3 aliphatic rings. The number of anilines is 1. The number of benzene rings is 3. The molecule has 0 aromatic heterocycles. The number of allylic oxidation sites excluding steroid dienone is 5. The summed E-state index contributed by atoms with van der Waals surface area (Å²) in [6, 6.07) is 23.8. The molecule has 1 unspecified atom stereocenters. The smallest absolute Gasteiger partial charge is 0.338 e. The van der Waals surface area contributed by atoms with Crippen LogP contribution in [0.5, 0.6) is 5.75 Å². The third kappa shape index (κ3) is 8.77. The zero-order valence-electron chi connectivity index (χ0n) is 33.8. The van der Waals surface area contributed by atoms with E-state index < -0.39 is 5.60 Å². The molecule has 0 fully saturated rings. The molecule has 7 heteroatoms. The lowest BCUT2D eigenvalue weighted by Crippen LogP contribution is -2.27. The maximum absolute atomic E-state index is 12.9. The van der Waals surface area contributed by atoms with Crippen molar-refractivity contribution in [3.05, 3.63) is 130 Å². The van der Waals surface area contributed by atoms with E-state index >= 15 is 0 Å². The van der Waals surface area contributed by atoms with Crippen molar-refractivity contribution in [2.75, 3.05) is 18.5 Å². The van der Waals surface area contributed by atoms with Crippen molar-refractivity contribution >= 4 is 40.6 Å². The van der Waals surface area contributed by atoms with E-state index in [1.165, 1.54) is 11.3 Å². The fourth-order valence-corrected chi connectivity index (χ4v) is 8.51. The number of carbonyl (C=O) groups excluding carboxylic acids is 2. The van der Waals surface area contributed by atoms with Crippen molar-refractivity contribution in [1.29, 1.82) is 0 Å². The van der Waals surface area contributed by atoms with Crippen molar-refractivity contribution in [3.8, 4) is 5.75 Å². The van der Waals surface area contributed by atoms with Gasteiger partial charge >= 0.3 is 11.9 Å². The van der Waals surface area contributed by atoms with Gasteiger partial charge in [0.1, 0.15) is 18.4 Å². The summed E-state index contributed by atoms with van der Waals surface area (Å²) in [6.45, 7) is 15.5. The normalized spacial score (nSPS) is 18.7. The number of para-hydroxylation sites is 2. The first-order chi connectivity index (χ1) is 26.1. The molecule has 3 aromatic rings. The van der Waals surface area contributed by atoms with Crippen molar-refractivity contribution < 1.29 is 23.6 Å². The van der Waals surface area contributed by atoms with Crippen LogP contribution in [0.2, 0.25) is 0 Å². The quantitative estimate of drug-likeness (QED) is 0.0640. The highest BCUT2D eigenvalue weighted by Crippen LogP contribution is 2.48. The molecule has 6 nitrogen and oxygen atoms in total. The minimum atomic E-state index is -0.556. The molecular formula is C48H56ClN2O4+. The van der Waals surface area contributed by atoms with Crippen LogP contribution < -0.4 is 9.64 Å². The highest BCUT2D eigenvalue weighted by molar-refractivity contribution is 6.30. The van der Waals surface area contributed by atoms with Crippen molar-refractivity contribution in [1.82, 2.24) is 0 Å². The number of fused-ring (bicyclic) bond motifs is 2. The molecule has 0 saturated heterocycles. The minimum absolute atomic E-state index is 0.0763. The molecule has 0 radical (unpaired) electrons. The van der Waals surface area contributed by atoms with Gasteiger partial charge in [0.2, 0.25) is 5.69 Å². The number of esters is 2.